The summed E-state index contributed by atoms with van der Waals surface area (Å²) in [5, 5.41) is 0. The molecule has 2 aliphatic rings. The van der Waals surface area contributed by atoms with Gasteiger partial charge >= 0.3 is 5.69 Å². The number of aryl methyl sites for hydroxylation is 1. The number of rotatable bonds is 4. The average Bonchev–Trinajstić information content (AvgIpc) is 2.83. The van der Waals surface area contributed by atoms with Crippen molar-refractivity contribution >= 4 is 11.5 Å². The summed E-state index contributed by atoms with van der Waals surface area (Å²) in [6, 6.07) is 16.5. The summed E-state index contributed by atoms with van der Waals surface area (Å²) in [5.41, 5.74) is 4.09. The largest absolute Gasteiger partial charge is 0.493 e. The SMILES string of the molecule is COc1cc2c(cc1OC)-c1cc(N3CCN(c4ccccc4)CC3)nc(=O)n1CC2. The molecule has 7 nitrogen and oxygen atoms in total. The maximum Gasteiger partial charge on any atom is 0.350 e. The van der Waals surface area contributed by atoms with Crippen molar-refractivity contribution in [3.8, 4) is 22.8 Å². The third kappa shape index (κ3) is 3.50. The van der Waals surface area contributed by atoms with Crippen LogP contribution in [0.15, 0.2) is 53.3 Å². The van der Waals surface area contributed by atoms with Crippen LogP contribution in [-0.2, 0) is 13.0 Å². The van der Waals surface area contributed by atoms with E-state index in [0.717, 1.165) is 55.2 Å². The van der Waals surface area contributed by atoms with Gasteiger partial charge in [0.15, 0.2) is 11.5 Å². The molecule has 2 aromatic carbocycles. The van der Waals surface area contributed by atoms with Crippen molar-refractivity contribution in [1.29, 1.82) is 0 Å². The van der Waals surface area contributed by atoms with Crippen molar-refractivity contribution in [2.45, 2.75) is 13.0 Å². The zero-order valence-electron chi connectivity index (χ0n) is 17.9. The van der Waals surface area contributed by atoms with Crippen LogP contribution in [0.3, 0.4) is 0 Å². The van der Waals surface area contributed by atoms with Crippen molar-refractivity contribution in [1.82, 2.24) is 9.55 Å². The number of ether oxygens (including phenoxy) is 2. The monoisotopic (exact) mass is 418 g/mol. The van der Waals surface area contributed by atoms with Crippen LogP contribution < -0.4 is 25.0 Å². The van der Waals surface area contributed by atoms with E-state index in [0.29, 0.717) is 18.0 Å². The van der Waals surface area contributed by atoms with Gasteiger partial charge in [0.25, 0.3) is 0 Å². The number of benzene rings is 2. The van der Waals surface area contributed by atoms with Gasteiger partial charge in [-0.2, -0.15) is 4.98 Å². The molecule has 0 atom stereocenters. The van der Waals surface area contributed by atoms with Gasteiger partial charge in [-0.3, -0.25) is 4.57 Å². The molecule has 0 radical (unpaired) electrons. The van der Waals surface area contributed by atoms with E-state index in [1.54, 1.807) is 18.8 Å². The van der Waals surface area contributed by atoms with Crippen LogP contribution in [0.1, 0.15) is 5.56 Å². The zero-order chi connectivity index (χ0) is 21.4. The number of aromatic nitrogens is 2. The Morgan fingerprint density at radius 3 is 2.23 bits per heavy atom. The maximum atomic E-state index is 12.9. The van der Waals surface area contributed by atoms with Gasteiger partial charge in [-0.05, 0) is 36.2 Å². The van der Waals surface area contributed by atoms with E-state index < -0.39 is 0 Å². The van der Waals surface area contributed by atoms with E-state index in [1.165, 1.54) is 5.69 Å². The Bertz CT molecular complexity index is 1150. The lowest BCUT2D eigenvalue weighted by molar-refractivity contribution is 0.354. The molecule has 0 amide bonds. The van der Waals surface area contributed by atoms with Crippen LogP contribution in [0, 0.1) is 0 Å². The van der Waals surface area contributed by atoms with E-state index in [4.69, 9.17) is 9.47 Å². The molecule has 1 aromatic heterocycles. The van der Waals surface area contributed by atoms with Gasteiger partial charge in [-0.25, -0.2) is 4.79 Å². The number of para-hydroxylation sites is 1. The first kappa shape index (κ1) is 19.5. The minimum Gasteiger partial charge on any atom is -0.493 e. The summed E-state index contributed by atoms with van der Waals surface area (Å²) in [5.74, 6) is 2.12. The number of nitrogens with zero attached hydrogens (tertiary/aromatic N) is 4. The summed E-state index contributed by atoms with van der Waals surface area (Å²) in [6.45, 7) is 4.05. The first-order valence-electron chi connectivity index (χ1n) is 10.6. The van der Waals surface area contributed by atoms with Gasteiger partial charge in [0.2, 0.25) is 0 Å². The van der Waals surface area contributed by atoms with Crippen molar-refractivity contribution in [3.05, 3.63) is 64.6 Å². The molecule has 3 heterocycles. The fraction of sp³-hybridized carbons (Fsp3) is 0.333. The molecule has 0 N–H and O–H groups in total. The summed E-state index contributed by atoms with van der Waals surface area (Å²) in [6.07, 6.45) is 0.763. The number of fused-ring (bicyclic) bond motifs is 3. The molecule has 0 aliphatic carbocycles. The predicted octanol–water partition coefficient (Wildman–Crippen LogP) is 2.81. The van der Waals surface area contributed by atoms with Gasteiger partial charge in [-0.1, -0.05) is 18.2 Å². The second-order valence-corrected chi connectivity index (χ2v) is 7.86. The summed E-state index contributed by atoms with van der Waals surface area (Å²) >= 11 is 0. The van der Waals surface area contributed by atoms with Crippen molar-refractivity contribution in [2.24, 2.45) is 0 Å². The minimum atomic E-state index is -0.196. The molecule has 0 unspecified atom stereocenters. The normalized spacial score (nSPS) is 15.3. The van der Waals surface area contributed by atoms with Crippen molar-refractivity contribution in [2.75, 3.05) is 50.2 Å². The van der Waals surface area contributed by atoms with Crippen LogP contribution in [-0.4, -0.2) is 49.9 Å². The lowest BCUT2D eigenvalue weighted by Crippen LogP contribution is -2.47. The van der Waals surface area contributed by atoms with E-state index in [1.807, 2.05) is 24.3 Å². The quantitative estimate of drug-likeness (QED) is 0.649. The second kappa shape index (κ2) is 7.98. The highest BCUT2D eigenvalue weighted by atomic mass is 16.5. The van der Waals surface area contributed by atoms with Crippen molar-refractivity contribution < 1.29 is 9.47 Å². The molecular formula is C24H26N4O3. The minimum absolute atomic E-state index is 0.196. The van der Waals surface area contributed by atoms with Gasteiger partial charge < -0.3 is 19.3 Å². The Labute approximate surface area is 181 Å². The third-order valence-corrected chi connectivity index (χ3v) is 6.21. The molecule has 160 valence electrons. The third-order valence-electron chi connectivity index (χ3n) is 6.21. The number of anilines is 2. The first-order chi connectivity index (χ1) is 15.2. The first-order valence-corrected chi connectivity index (χ1v) is 10.6. The Hall–Kier alpha value is -3.48. The highest BCUT2D eigenvalue weighted by molar-refractivity contribution is 5.72. The maximum absolute atomic E-state index is 12.9. The molecule has 7 heteroatoms. The molecule has 1 fully saturated rings. The lowest BCUT2D eigenvalue weighted by Gasteiger charge is -2.37. The van der Waals surface area contributed by atoms with Gasteiger partial charge in [0, 0.05) is 50.0 Å². The molecule has 0 bridgehead atoms. The average molecular weight is 418 g/mol. The number of hydrogen-bond donors (Lipinski definition) is 0. The number of hydrogen-bond acceptors (Lipinski definition) is 6. The van der Waals surface area contributed by atoms with E-state index in [2.05, 4.69) is 39.0 Å². The molecular weight excluding hydrogens is 392 g/mol. The zero-order valence-corrected chi connectivity index (χ0v) is 17.9. The molecule has 5 rings (SSSR count). The summed E-state index contributed by atoms with van der Waals surface area (Å²) in [4.78, 5) is 21.8. The van der Waals surface area contributed by atoms with E-state index >= 15 is 0 Å². The van der Waals surface area contributed by atoms with Crippen LogP contribution in [0.5, 0.6) is 11.5 Å². The molecule has 0 saturated carbocycles. The van der Waals surface area contributed by atoms with Gasteiger partial charge in [-0.15, -0.1) is 0 Å². The van der Waals surface area contributed by atoms with Crippen LogP contribution in [0.25, 0.3) is 11.3 Å². The summed E-state index contributed by atoms with van der Waals surface area (Å²) < 4.78 is 12.7. The number of methoxy groups -OCH3 is 2. The smallest absolute Gasteiger partial charge is 0.350 e. The lowest BCUT2D eigenvalue weighted by atomic mass is 9.96. The highest BCUT2D eigenvalue weighted by Gasteiger charge is 2.24. The Morgan fingerprint density at radius 2 is 1.52 bits per heavy atom. The van der Waals surface area contributed by atoms with Crippen LogP contribution in [0.4, 0.5) is 11.5 Å². The summed E-state index contributed by atoms with van der Waals surface area (Å²) in [7, 11) is 3.27. The topological polar surface area (TPSA) is 59.8 Å². The molecule has 2 aliphatic heterocycles. The van der Waals surface area contributed by atoms with E-state index in [9.17, 15) is 4.79 Å². The Balaban J connectivity index is 1.46. The van der Waals surface area contributed by atoms with Crippen molar-refractivity contribution in [3.63, 3.8) is 0 Å². The Kier molecular flexibility index (Phi) is 5.02. The van der Waals surface area contributed by atoms with Gasteiger partial charge in [0.05, 0.1) is 19.9 Å². The standard InChI is InChI=1S/C24H26N4O3/c1-30-21-14-17-8-9-28-20(19(17)15-22(21)31-2)16-23(25-24(28)29)27-12-10-26(11-13-27)18-6-4-3-5-7-18/h3-7,14-16H,8-13H2,1-2H3. The highest BCUT2D eigenvalue weighted by Crippen LogP contribution is 2.38. The molecule has 31 heavy (non-hydrogen) atoms. The number of piperazine rings is 1. The van der Waals surface area contributed by atoms with Crippen LogP contribution >= 0.6 is 0 Å². The van der Waals surface area contributed by atoms with E-state index in [-0.39, 0.29) is 5.69 Å². The van der Waals surface area contributed by atoms with Gasteiger partial charge in [0.1, 0.15) is 5.82 Å². The Morgan fingerprint density at radius 1 is 0.839 bits per heavy atom. The second-order valence-electron chi connectivity index (χ2n) is 7.86. The fourth-order valence-corrected chi connectivity index (χ4v) is 4.53. The predicted molar refractivity (Wildman–Crippen MR) is 122 cm³/mol. The molecule has 0 spiro atoms. The molecule has 1 saturated heterocycles. The van der Waals surface area contributed by atoms with Crippen LogP contribution in [0.2, 0.25) is 0 Å². The fourth-order valence-electron chi connectivity index (χ4n) is 4.53. The molecule has 3 aromatic rings.